The van der Waals surface area contributed by atoms with Gasteiger partial charge in [-0.05, 0) is 86.1 Å². The number of amides is 2. The van der Waals surface area contributed by atoms with Crippen LogP contribution in [0.4, 0.5) is 0 Å². The quantitative estimate of drug-likeness (QED) is 0.211. The number of hydrogen-bond donors (Lipinski definition) is 2. The van der Waals surface area contributed by atoms with E-state index in [9.17, 15) is 9.59 Å². The van der Waals surface area contributed by atoms with Crippen LogP contribution in [0.2, 0.25) is 5.02 Å². The van der Waals surface area contributed by atoms with Crippen molar-refractivity contribution in [1.82, 2.24) is 9.47 Å². The SMILES string of the molecule is COc1cc(C(=O)N2CCC[C@@H](N)C2)cc2oc(-c3cc4ccc(-c5ccc(C(N)=O)c(Cl)c5)cc4n3CC3CC3)c(C)c12. The lowest BCUT2D eigenvalue weighted by molar-refractivity contribution is 0.0708. The summed E-state index contributed by atoms with van der Waals surface area (Å²) >= 11 is 6.39. The van der Waals surface area contributed by atoms with Gasteiger partial charge < -0.3 is 30.1 Å². The van der Waals surface area contributed by atoms with Crippen molar-refractivity contribution in [3.63, 3.8) is 0 Å². The predicted molar refractivity (Wildman–Crippen MR) is 173 cm³/mol. The smallest absolute Gasteiger partial charge is 0.254 e. The number of methoxy groups -OCH3 is 1. The van der Waals surface area contributed by atoms with Crippen LogP contribution in [0.25, 0.3) is 44.5 Å². The van der Waals surface area contributed by atoms with Crippen molar-refractivity contribution in [1.29, 1.82) is 0 Å². The molecule has 5 aromatic rings. The van der Waals surface area contributed by atoms with E-state index in [-0.39, 0.29) is 11.9 Å². The van der Waals surface area contributed by atoms with Crippen molar-refractivity contribution >= 4 is 45.3 Å². The lowest BCUT2D eigenvalue weighted by atomic mass is 10.0. The maximum atomic E-state index is 13.5. The van der Waals surface area contributed by atoms with Crippen LogP contribution in [0.5, 0.6) is 5.75 Å². The molecule has 0 spiro atoms. The number of halogens is 1. The van der Waals surface area contributed by atoms with Gasteiger partial charge in [-0.3, -0.25) is 9.59 Å². The molecule has 2 fully saturated rings. The third-order valence-electron chi connectivity index (χ3n) is 9.05. The molecule has 0 unspecified atom stereocenters. The Morgan fingerprint density at radius 1 is 1.05 bits per heavy atom. The third-order valence-corrected chi connectivity index (χ3v) is 9.36. The maximum Gasteiger partial charge on any atom is 0.254 e. The zero-order chi connectivity index (χ0) is 30.7. The Balaban J connectivity index is 1.33. The van der Waals surface area contributed by atoms with Gasteiger partial charge in [-0.1, -0.05) is 29.8 Å². The minimum absolute atomic E-state index is 0.00354. The largest absolute Gasteiger partial charge is 0.496 e. The molecule has 1 aliphatic carbocycles. The number of aryl methyl sites for hydroxylation is 1. The van der Waals surface area contributed by atoms with E-state index < -0.39 is 5.91 Å². The van der Waals surface area contributed by atoms with Crippen LogP contribution in [0, 0.1) is 12.8 Å². The van der Waals surface area contributed by atoms with E-state index in [0.717, 1.165) is 63.8 Å². The highest BCUT2D eigenvalue weighted by atomic mass is 35.5. The van der Waals surface area contributed by atoms with Crippen molar-refractivity contribution in [3.05, 3.63) is 76.3 Å². The molecule has 2 aliphatic rings. The first kappa shape index (κ1) is 28.5. The van der Waals surface area contributed by atoms with Gasteiger partial charge >= 0.3 is 0 Å². The van der Waals surface area contributed by atoms with Crippen molar-refractivity contribution in [2.75, 3.05) is 20.2 Å². The number of piperidine rings is 1. The van der Waals surface area contributed by atoms with E-state index in [2.05, 4.69) is 28.8 Å². The molecular weight excluding hydrogens is 576 g/mol. The maximum absolute atomic E-state index is 13.5. The molecule has 44 heavy (non-hydrogen) atoms. The summed E-state index contributed by atoms with van der Waals surface area (Å²) < 4.78 is 14.8. The summed E-state index contributed by atoms with van der Waals surface area (Å²) in [6, 6.07) is 17.5. The fourth-order valence-electron chi connectivity index (χ4n) is 6.52. The van der Waals surface area contributed by atoms with Gasteiger partial charge in [0.2, 0.25) is 5.91 Å². The van der Waals surface area contributed by atoms with E-state index in [4.69, 9.17) is 32.2 Å². The van der Waals surface area contributed by atoms with Crippen molar-refractivity contribution in [3.8, 4) is 28.3 Å². The Morgan fingerprint density at radius 2 is 1.82 bits per heavy atom. The molecular formula is C35H35ClN4O4. The van der Waals surface area contributed by atoms with Crippen molar-refractivity contribution in [2.24, 2.45) is 17.4 Å². The second kappa shape index (κ2) is 11.0. The number of carbonyl (C=O) groups excluding carboxylic acids is 2. The number of nitrogens with zero attached hydrogens (tertiary/aromatic N) is 2. The average Bonchev–Trinajstić information content (AvgIpc) is 3.69. The number of rotatable bonds is 7. The number of nitrogens with two attached hydrogens (primary N) is 2. The molecule has 3 aromatic carbocycles. The van der Waals surface area contributed by atoms with E-state index in [0.29, 0.717) is 46.5 Å². The molecule has 226 valence electrons. The van der Waals surface area contributed by atoms with Gasteiger partial charge in [0.15, 0.2) is 5.76 Å². The number of hydrogen-bond acceptors (Lipinski definition) is 5. The zero-order valence-electron chi connectivity index (χ0n) is 24.9. The molecule has 2 amide bonds. The minimum atomic E-state index is -0.551. The Labute approximate surface area is 260 Å². The minimum Gasteiger partial charge on any atom is -0.496 e. The zero-order valence-corrected chi connectivity index (χ0v) is 25.6. The molecule has 1 aliphatic heterocycles. The van der Waals surface area contributed by atoms with Crippen LogP contribution in [0.3, 0.4) is 0 Å². The summed E-state index contributed by atoms with van der Waals surface area (Å²) in [4.78, 5) is 27.0. The number of primary amides is 1. The van der Waals surface area contributed by atoms with Crippen LogP contribution >= 0.6 is 11.6 Å². The second-order valence-corrected chi connectivity index (χ2v) is 12.6. The van der Waals surface area contributed by atoms with Crippen molar-refractivity contribution < 1.29 is 18.7 Å². The Kier molecular flexibility index (Phi) is 7.14. The molecule has 0 radical (unpaired) electrons. The first-order valence-electron chi connectivity index (χ1n) is 15.1. The molecule has 1 saturated heterocycles. The van der Waals surface area contributed by atoms with Gasteiger partial charge in [-0.15, -0.1) is 0 Å². The molecule has 0 bridgehead atoms. The summed E-state index contributed by atoms with van der Waals surface area (Å²) in [5.74, 6) is 1.37. The van der Waals surface area contributed by atoms with Crippen LogP contribution in [0.15, 0.2) is 59.0 Å². The van der Waals surface area contributed by atoms with Crippen LogP contribution in [0.1, 0.15) is 52.0 Å². The summed E-state index contributed by atoms with van der Waals surface area (Å²) in [6.07, 6.45) is 4.22. The first-order chi connectivity index (χ1) is 21.2. The fraction of sp³-hybridized carbons (Fsp3) is 0.314. The molecule has 1 atom stereocenters. The number of furan rings is 1. The van der Waals surface area contributed by atoms with Gasteiger partial charge in [-0.25, -0.2) is 0 Å². The summed E-state index contributed by atoms with van der Waals surface area (Å²) in [7, 11) is 1.62. The number of aromatic nitrogens is 1. The second-order valence-electron chi connectivity index (χ2n) is 12.2. The van der Waals surface area contributed by atoms with Crippen LogP contribution < -0.4 is 16.2 Å². The first-order valence-corrected chi connectivity index (χ1v) is 15.5. The van der Waals surface area contributed by atoms with Gasteiger partial charge in [0, 0.05) is 47.7 Å². The standard InChI is InChI=1S/C35H35ClN4O4/c1-19-32-30(43-2)15-24(35(42)39-11-3-4-25(37)18-39)16-31(32)44-33(19)29-14-23-8-7-22(13-28(23)40(29)17-20-5-6-20)21-9-10-26(34(38)41)27(36)12-21/h7-10,12-16,20,25H,3-6,11,17-18,37H2,1-2H3,(H2,38,41)/t25-/m1/s1. The topological polar surface area (TPSA) is 117 Å². The highest BCUT2D eigenvalue weighted by Crippen LogP contribution is 2.43. The molecule has 8 nitrogen and oxygen atoms in total. The van der Waals surface area contributed by atoms with Gasteiger partial charge in [-0.2, -0.15) is 0 Å². The molecule has 2 aromatic heterocycles. The lowest BCUT2D eigenvalue weighted by Gasteiger charge is -2.30. The summed E-state index contributed by atoms with van der Waals surface area (Å²) in [5, 5.41) is 2.29. The molecule has 3 heterocycles. The number of benzene rings is 3. The van der Waals surface area contributed by atoms with Gasteiger partial charge in [0.05, 0.1) is 28.8 Å². The Morgan fingerprint density at radius 3 is 2.52 bits per heavy atom. The average molecular weight is 611 g/mol. The number of fused-ring (bicyclic) bond motifs is 2. The number of likely N-dealkylation sites (tertiary alicyclic amines) is 1. The van der Waals surface area contributed by atoms with E-state index >= 15 is 0 Å². The molecule has 4 N–H and O–H groups in total. The third kappa shape index (κ3) is 5.02. The number of carbonyl (C=O) groups is 2. The highest BCUT2D eigenvalue weighted by molar-refractivity contribution is 6.34. The van der Waals surface area contributed by atoms with Gasteiger partial charge in [0.1, 0.15) is 11.3 Å². The van der Waals surface area contributed by atoms with Crippen LogP contribution in [-0.4, -0.2) is 47.5 Å². The van der Waals surface area contributed by atoms with E-state index in [1.54, 1.807) is 19.2 Å². The van der Waals surface area contributed by atoms with E-state index in [1.165, 1.54) is 12.8 Å². The Hall–Kier alpha value is -4.27. The highest BCUT2D eigenvalue weighted by Gasteiger charge is 2.28. The molecule has 1 saturated carbocycles. The van der Waals surface area contributed by atoms with Crippen molar-refractivity contribution in [2.45, 2.75) is 45.2 Å². The summed E-state index contributed by atoms with van der Waals surface area (Å²) in [6.45, 7) is 4.16. The normalized spacial score (nSPS) is 17.0. The lowest BCUT2D eigenvalue weighted by Crippen LogP contribution is -2.45. The predicted octanol–water partition coefficient (Wildman–Crippen LogP) is 6.76. The van der Waals surface area contributed by atoms with Gasteiger partial charge in [0.25, 0.3) is 5.91 Å². The molecule has 7 rings (SSSR count). The van der Waals surface area contributed by atoms with Crippen LogP contribution in [-0.2, 0) is 6.54 Å². The Bertz CT molecular complexity index is 1950. The number of ether oxygens (including phenoxy) is 1. The van der Waals surface area contributed by atoms with E-state index in [1.807, 2.05) is 30.0 Å². The summed E-state index contributed by atoms with van der Waals surface area (Å²) in [5.41, 5.74) is 18.0. The fourth-order valence-corrected chi connectivity index (χ4v) is 6.79. The molecule has 9 heteroatoms. The monoisotopic (exact) mass is 610 g/mol.